The fourth-order valence-corrected chi connectivity index (χ4v) is 4.35. The van der Waals surface area contributed by atoms with Crippen LogP contribution in [-0.4, -0.2) is 5.78 Å². The average Bonchev–Trinajstić information content (AvgIpc) is 2.89. The van der Waals surface area contributed by atoms with Gasteiger partial charge in [0.25, 0.3) is 0 Å². The third kappa shape index (κ3) is 1.88. The summed E-state index contributed by atoms with van der Waals surface area (Å²) in [4.78, 5) is 12.4. The number of Topliss-reactive ketones (excluding diaryl/α,β-unsaturated/α-hetero) is 1. The number of nitrogens with two attached hydrogens (primary N) is 1. The summed E-state index contributed by atoms with van der Waals surface area (Å²) in [6, 6.07) is 4.12. The molecule has 3 nitrogen and oxygen atoms in total. The maximum Gasteiger partial charge on any atom is 0.159 e. The van der Waals surface area contributed by atoms with Gasteiger partial charge >= 0.3 is 0 Å². The lowest BCUT2D eigenvalue weighted by Crippen LogP contribution is -2.27. The number of nitrogens with one attached hydrogen (secondary N) is 1. The lowest BCUT2D eigenvalue weighted by molar-refractivity contribution is -0.116. The van der Waals surface area contributed by atoms with Crippen LogP contribution in [0.25, 0.3) is 11.6 Å². The minimum atomic E-state index is 0.118. The zero-order valence-electron chi connectivity index (χ0n) is 13.5. The number of carbonyl (C=O) groups excluding carboxylic acids is 1. The van der Waals surface area contributed by atoms with E-state index in [4.69, 9.17) is 5.84 Å². The number of rotatable bonds is 4. The number of fused-ring (bicyclic) bond motifs is 3. The molecule has 0 spiro atoms. The summed E-state index contributed by atoms with van der Waals surface area (Å²) in [5, 5.41) is 0. The highest BCUT2D eigenvalue weighted by Gasteiger charge is 2.46. The molecule has 0 saturated heterocycles. The Kier molecular flexibility index (Phi) is 3.69. The van der Waals surface area contributed by atoms with E-state index < -0.39 is 0 Å². The Morgan fingerprint density at radius 3 is 2.77 bits per heavy atom. The molecule has 1 atom stereocenters. The Labute approximate surface area is 132 Å². The predicted octanol–water partition coefficient (Wildman–Crippen LogP) is 4.09. The van der Waals surface area contributed by atoms with Crippen molar-refractivity contribution in [2.45, 2.75) is 46.0 Å². The summed E-state index contributed by atoms with van der Waals surface area (Å²) < 4.78 is 0. The fraction of sp³-hybridized carbons (Fsp3) is 0.421. The lowest BCUT2D eigenvalue weighted by Gasteiger charge is -2.35. The molecular formula is C19H24N2O. The van der Waals surface area contributed by atoms with Crippen molar-refractivity contribution in [3.8, 4) is 0 Å². The summed E-state index contributed by atoms with van der Waals surface area (Å²) in [5.41, 5.74) is 9.74. The zero-order chi connectivity index (χ0) is 15.9. The van der Waals surface area contributed by atoms with Crippen LogP contribution in [0, 0.1) is 5.41 Å². The number of anilines is 1. The molecule has 0 aromatic heterocycles. The third-order valence-corrected chi connectivity index (χ3v) is 5.53. The molecule has 0 heterocycles. The summed E-state index contributed by atoms with van der Waals surface area (Å²) in [6.07, 6.45) is 6.38. The van der Waals surface area contributed by atoms with Gasteiger partial charge in [0.1, 0.15) is 0 Å². The molecule has 2 aliphatic rings. The molecule has 1 aromatic carbocycles. The van der Waals surface area contributed by atoms with E-state index in [1.807, 2.05) is 12.1 Å². The van der Waals surface area contributed by atoms with E-state index in [0.29, 0.717) is 12.2 Å². The Hall–Kier alpha value is -1.87. The van der Waals surface area contributed by atoms with Crippen LogP contribution in [0.15, 0.2) is 24.3 Å². The number of hydrazine groups is 1. The summed E-state index contributed by atoms with van der Waals surface area (Å²) in [5.74, 6) is 5.97. The molecule has 0 aliphatic heterocycles. The van der Waals surface area contributed by atoms with Crippen molar-refractivity contribution in [2.75, 3.05) is 5.43 Å². The van der Waals surface area contributed by atoms with Crippen LogP contribution < -0.4 is 11.3 Å². The second-order valence-electron chi connectivity index (χ2n) is 6.34. The van der Waals surface area contributed by atoms with Crippen LogP contribution >= 0.6 is 0 Å². The summed E-state index contributed by atoms with van der Waals surface area (Å²) in [6.45, 7) is 8.29. The van der Waals surface area contributed by atoms with Gasteiger partial charge in [0, 0.05) is 17.4 Å². The Morgan fingerprint density at radius 1 is 1.41 bits per heavy atom. The van der Waals surface area contributed by atoms with Crippen LogP contribution in [0.4, 0.5) is 5.69 Å². The van der Waals surface area contributed by atoms with Crippen molar-refractivity contribution >= 4 is 23.1 Å². The van der Waals surface area contributed by atoms with Gasteiger partial charge in [0.05, 0.1) is 5.69 Å². The number of benzene rings is 1. The van der Waals surface area contributed by atoms with Crippen LogP contribution in [0.1, 0.15) is 56.2 Å². The van der Waals surface area contributed by atoms with Crippen molar-refractivity contribution in [1.29, 1.82) is 0 Å². The first-order valence-corrected chi connectivity index (χ1v) is 8.14. The monoisotopic (exact) mass is 296 g/mol. The molecule has 3 rings (SSSR count). The molecule has 0 amide bonds. The molecular weight excluding hydrogens is 272 g/mol. The zero-order valence-corrected chi connectivity index (χ0v) is 13.5. The van der Waals surface area contributed by atoms with Gasteiger partial charge in [0.2, 0.25) is 0 Å². The first-order valence-electron chi connectivity index (χ1n) is 8.14. The molecule has 3 heteroatoms. The number of allylic oxidation sites excluding steroid dienone is 2. The largest absolute Gasteiger partial charge is 0.324 e. The van der Waals surface area contributed by atoms with Crippen LogP contribution in [0.3, 0.4) is 0 Å². The standard InChI is InChI=1S/C19H24N2O/c1-4-12-15-11-19(6-3)10-9-17(22)13(5-2)18(19)14(15)7-8-16(12)21-20/h4,7-8,21H,1,5-6,9-11,20H2,2-3H3. The van der Waals surface area contributed by atoms with Gasteiger partial charge in [0.15, 0.2) is 5.78 Å². The number of nitrogen functional groups attached to an aromatic ring is 1. The third-order valence-electron chi connectivity index (χ3n) is 5.53. The highest BCUT2D eigenvalue weighted by atomic mass is 16.1. The number of hydrogen-bond donors (Lipinski definition) is 2. The number of hydrogen-bond acceptors (Lipinski definition) is 3. The molecule has 116 valence electrons. The minimum Gasteiger partial charge on any atom is -0.324 e. The van der Waals surface area contributed by atoms with E-state index in [2.05, 4.69) is 31.9 Å². The average molecular weight is 296 g/mol. The lowest BCUT2D eigenvalue weighted by atomic mass is 9.68. The van der Waals surface area contributed by atoms with Crippen molar-refractivity contribution in [3.05, 3.63) is 41.0 Å². The second kappa shape index (κ2) is 5.40. The molecule has 1 aromatic rings. The number of carbonyl (C=O) groups is 1. The van der Waals surface area contributed by atoms with Crippen LogP contribution in [0.5, 0.6) is 0 Å². The van der Waals surface area contributed by atoms with Crippen molar-refractivity contribution < 1.29 is 4.79 Å². The Balaban J connectivity index is 2.32. The van der Waals surface area contributed by atoms with Crippen molar-refractivity contribution in [2.24, 2.45) is 11.3 Å². The van der Waals surface area contributed by atoms with E-state index in [0.717, 1.165) is 42.5 Å². The van der Waals surface area contributed by atoms with E-state index in [-0.39, 0.29) is 5.41 Å². The highest BCUT2D eigenvalue weighted by molar-refractivity contribution is 6.07. The maximum atomic E-state index is 12.4. The smallest absolute Gasteiger partial charge is 0.159 e. The molecule has 0 radical (unpaired) electrons. The van der Waals surface area contributed by atoms with Gasteiger partial charge in [-0.25, -0.2) is 0 Å². The van der Waals surface area contributed by atoms with Crippen molar-refractivity contribution in [1.82, 2.24) is 0 Å². The normalized spacial score (nSPS) is 23.3. The minimum absolute atomic E-state index is 0.118. The highest BCUT2D eigenvalue weighted by Crippen LogP contribution is 2.57. The SMILES string of the molecule is C=Cc1c(NN)ccc2c1CC1(CC)CCC(=O)C(CC)=C21. The van der Waals surface area contributed by atoms with Crippen molar-refractivity contribution in [3.63, 3.8) is 0 Å². The van der Waals surface area contributed by atoms with Crippen LogP contribution in [-0.2, 0) is 11.2 Å². The molecule has 22 heavy (non-hydrogen) atoms. The molecule has 0 fully saturated rings. The molecule has 1 unspecified atom stereocenters. The molecule has 2 aliphatic carbocycles. The Bertz CT molecular complexity index is 687. The number of ketones is 1. The Morgan fingerprint density at radius 2 is 2.18 bits per heavy atom. The van der Waals surface area contributed by atoms with E-state index in [9.17, 15) is 4.79 Å². The molecule has 0 bridgehead atoms. The first-order chi connectivity index (χ1) is 10.6. The quantitative estimate of drug-likeness (QED) is 0.650. The second-order valence-corrected chi connectivity index (χ2v) is 6.34. The maximum absolute atomic E-state index is 12.4. The molecule has 0 saturated carbocycles. The van der Waals surface area contributed by atoms with Gasteiger partial charge in [-0.2, -0.15) is 0 Å². The fourth-order valence-electron chi connectivity index (χ4n) is 4.35. The van der Waals surface area contributed by atoms with Gasteiger partial charge in [-0.15, -0.1) is 0 Å². The van der Waals surface area contributed by atoms with E-state index in [1.165, 1.54) is 16.7 Å². The predicted molar refractivity (Wildman–Crippen MR) is 92.2 cm³/mol. The molecule has 3 N–H and O–H groups in total. The summed E-state index contributed by atoms with van der Waals surface area (Å²) >= 11 is 0. The van der Waals surface area contributed by atoms with Crippen LogP contribution in [0.2, 0.25) is 0 Å². The summed E-state index contributed by atoms with van der Waals surface area (Å²) in [7, 11) is 0. The van der Waals surface area contributed by atoms with E-state index in [1.54, 1.807) is 0 Å². The van der Waals surface area contributed by atoms with E-state index >= 15 is 0 Å². The first kappa shape index (κ1) is 15.0. The van der Waals surface area contributed by atoms with Gasteiger partial charge in [-0.3, -0.25) is 10.6 Å². The topological polar surface area (TPSA) is 55.1 Å². The van der Waals surface area contributed by atoms with Gasteiger partial charge in [-0.1, -0.05) is 32.6 Å². The van der Waals surface area contributed by atoms with Gasteiger partial charge < -0.3 is 5.43 Å². The van der Waals surface area contributed by atoms with Gasteiger partial charge in [-0.05, 0) is 54.0 Å².